The van der Waals surface area contributed by atoms with Crippen LogP contribution >= 0.6 is 0 Å². The van der Waals surface area contributed by atoms with Gasteiger partial charge in [0.05, 0.1) is 0 Å². The number of Topliss-reactive ketones (excluding diaryl/α,β-unsaturated/α-hetero) is 1. The first kappa shape index (κ1) is 10.7. The molecule has 1 heteroatoms. The first-order valence-corrected chi connectivity index (χ1v) is 5.50. The van der Waals surface area contributed by atoms with Crippen LogP contribution in [0.3, 0.4) is 0 Å². The van der Waals surface area contributed by atoms with Gasteiger partial charge in [0.2, 0.25) is 0 Å². The minimum absolute atomic E-state index is 0.359. The molecule has 0 bridgehead atoms. The summed E-state index contributed by atoms with van der Waals surface area (Å²) < 4.78 is 0. The fourth-order valence-electron chi connectivity index (χ4n) is 3.01. The van der Waals surface area contributed by atoms with E-state index in [0.29, 0.717) is 11.7 Å². The van der Waals surface area contributed by atoms with Crippen LogP contribution in [0.25, 0.3) is 0 Å². The molecule has 4 atom stereocenters. The van der Waals surface area contributed by atoms with Gasteiger partial charge >= 0.3 is 0 Å². The molecule has 76 valence electrons. The highest BCUT2D eigenvalue weighted by Gasteiger charge is 2.31. The molecule has 0 aromatic carbocycles. The number of hydrogen-bond acceptors (Lipinski definition) is 1. The highest BCUT2D eigenvalue weighted by atomic mass is 16.1. The maximum Gasteiger partial charge on any atom is 0.130 e. The molecule has 1 aliphatic carbocycles. The minimum atomic E-state index is 0.359. The summed E-state index contributed by atoms with van der Waals surface area (Å²) in [5.74, 6) is 3.34. The number of carbonyl (C=O) groups excluding carboxylic acids is 1. The average Bonchev–Trinajstić information content (AvgIpc) is 1.96. The van der Waals surface area contributed by atoms with Gasteiger partial charge in [0.15, 0.2) is 0 Å². The second-order valence-electron chi connectivity index (χ2n) is 5.10. The van der Waals surface area contributed by atoms with Crippen molar-refractivity contribution in [3.05, 3.63) is 0 Å². The van der Waals surface area contributed by atoms with E-state index >= 15 is 0 Å². The summed E-state index contributed by atoms with van der Waals surface area (Å²) in [6, 6.07) is 0. The Morgan fingerprint density at radius 3 is 2.00 bits per heavy atom. The lowest BCUT2D eigenvalue weighted by Gasteiger charge is -2.37. The van der Waals surface area contributed by atoms with E-state index in [-0.39, 0.29) is 0 Å². The molecule has 1 rings (SSSR count). The first-order chi connectivity index (χ1) is 6.00. The third kappa shape index (κ3) is 2.82. The summed E-state index contributed by atoms with van der Waals surface area (Å²) in [5, 5.41) is 0. The lowest BCUT2D eigenvalue weighted by Crippen LogP contribution is -2.30. The zero-order valence-electron chi connectivity index (χ0n) is 9.34. The number of ketones is 1. The monoisotopic (exact) mass is 182 g/mol. The van der Waals surface area contributed by atoms with Crippen LogP contribution in [0.4, 0.5) is 0 Å². The number of carbonyl (C=O) groups is 1. The van der Waals surface area contributed by atoms with Crippen molar-refractivity contribution in [3.8, 4) is 0 Å². The van der Waals surface area contributed by atoms with E-state index in [2.05, 4.69) is 20.8 Å². The predicted molar refractivity (Wildman–Crippen MR) is 55.5 cm³/mol. The summed E-state index contributed by atoms with van der Waals surface area (Å²) in [4.78, 5) is 11.1. The molecule has 0 N–H and O–H groups in total. The minimum Gasteiger partial charge on any atom is -0.300 e. The molecule has 2 unspecified atom stereocenters. The van der Waals surface area contributed by atoms with E-state index in [0.717, 1.165) is 24.2 Å². The van der Waals surface area contributed by atoms with Crippen molar-refractivity contribution in [2.45, 2.75) is 47.0 Å². The van der Waals surface area contributed by atoms with E-state index in [9.17, 15) is 4.79 Å². The van der Waals surface area contributed by atoms with Crippen molar-refractivity contribution >= 4 is 5.78 Å². The van der Waals surface area contributed by atoms with Gasteiger partial charge in [-0.05, 0) is 43.4 Å². The Hall–Kier alpha value is -0.330. The van der Waals surface area contributed by atoms with Crippen molar-refractivity contribution < 1.29 is 4.79 Å². The molecule has 0 aromatic heterocycles. The summed E-state index contributed by atoms with van der Waals surface area (Å²) in [5.41, 5.74) is 0. The van der Waals surface area contributed by atoms with Gasteiger partial charge in [-0.15, -0.1) is 0 Å². The summed E-state index contributed by atoms with van der Waals surface area (Å²) >= 11 is 0. The Morgan fingerprint density at radius 1 is 1.15 bits per heavy atom. The molecule has 0 saturated heterocycles. The number of hydrogen-bond donors (Lipinski definition) is 0. The molecule has 1 saturated carbocycles. The summed E-state index contributed by atoms with van der Waals surface area (Å²) in [6.07, 6.45) is 3.42. The van der Waals surface area contributed by atoms with Crippen LogP contribution in [0, 0.1) is 23.7 Å². The fourth-order valence-corrected chi connectivity index (χ4v) is 3.01. The normalized spacial score (nSPS) is 40.3. The van der Waals surface area contributed by atoms with Crippen molar-refractivity contribution in [2.75, 3.05) is 0 Å². The molecular formula is C12H22O. The lowest BCUT2D eigenvalue weighted by atomic mass is 9.68. The molecule has 1 fully saturated rings. The molecule has 0 aliphatic heterocycles. The zero-order valence-corrected chi connectivity index (χ0v) is 9.34. The average molecular weight is 182 g/mol. The Kier molecular flexibility index (Phi) is 3.52. The summed E-state index contributed by atoms with van der Waals surface area (Å²) in [6.45, 7) is 8.66. The zero-order chi connectivity index (χ0) is 10.0. The van der Waals surface area contributed by atoms with Gasteiger partial charge < -0.3 is 4.79 Å². The number of rotatable bonds is 2. The van der Waals surface area contributed by atoms with Gasteiger partial charge in [0.25, 0.3) is 0 Å². The van der Waals surface area contributed by atoms with Crippen LogP contribution in [0.15, 0.2) is 0 Å². The lowest BCUT2D eigenvalue weighted by molar-refractivity contribution is -0.119. The topological polar surface area (TPSA) is 17.1 Å². The quantitative estimate of drug-likeness (QED) is 0.640. The smallest absolute Gasteiger partial charge is 0.130 e. The third-order valence-electron chi connectivity index (χ3n) is 3.53. The fraction of sp³-hybridized carbons (Fsp3) is 0.917. The van der Waals surface area contributed by atoms with E-state index in [1.807, 2.05) is 0 Å². The van der Waals surface area contributed by atoms with E-state index < -0.39 is 0 Å². The molecule has 0 aromatic rings. The van der Waals surface area contributed by atoms with Gasteiger partial charge in [-0.25, -0.2) is 0 Å². The third-order valence-corrected chi connectivity index (χ3v) is 3.53. The molecule has 1 aliphatic rings. The van der Waals surface area contributed by atoms with E-state index in [1.54, 1.807) is 6.92 Å². The van der Waals surface area contributed by atoms with E-state index in [1.165, 1.54) is 12.8 Å². The van der Waals surface area contributed by atoms with Crippen molar-refractivity contribution in [1.29, 1.82) is 0 Å². The van der Waals surface area contributed by atoms with Gasteiger partial charge in [-0.2, -0.15) is 0 Å². The Labute approximate surface area is 81.9 Å². The molecule has 0 heterocycles. The second kappa shape index (κ2) is 4.26. The van der Waals surface area contributed by atoms with Crippen molar-refractivity contribution in [3.63, 3.8) is 0 Å². The van der Waals surface area contributed by atoms with Crippen molar-refractivity contribution in [2.24, 2.45) is 23.7 Å². The predicted octanol–water partition coefficient (Wildman–Crippen LogP) is 3.28. The van der Waals surface area contributed by atoms with Crippen molar-refractivity contribution in [1.82, 2.24) is 0 Å². The maximum absolute atomic E-state index is 11.1. The SMILES string of the molecule is CC(=O)CC1[C@H](C)CC(C)C[C@@H]1C. The standard InChI is InChI=1S/C12H22O/c1-8-5-9(2)12(7-11(4)13)10(3)6-8/h8-10,12H,5-7H2,1-4H3/t8?,9-,10+,12?. The Bertz CT molecular complexity index is 174. The van der Waals surface area contributed by atoms with Crippen LogP contribution < -0.4 is 0 Å². The van der Waals surface area contributed by atoms with Crippen LogP contribution in [0.5, 0.6) is 0 Å². The Morgan fingerprint density at radius 2 is 1.62 bits per heavy atom. The highest BCUT2D eigenvalue weighted by molar-refractivity contribution is 5.75. The largest absolute Gasteiger partial charge is 0.300 e. The first-order valence-electron chi connectivity index (χ1n) is 5.50. The van der Waals surface area contributed by atoms with Crippen LogP contribution in [-0.2, 0) is 4.79 Å². The summed E-state index contributed by atoms with van der Waals surface area (Å²) in [7, 11) is 0. The van der Waals surface area contributed by atoms with Gasteiger partial charge in [0.1, 0.15) is 5.78 Å². The molecule has 0 amide bonds. The van der Waals surface area contributed by atoms with Crippen LogP contribution in [-0.4, -0.2) is 5.78 Å². The second-order valence-corrected chi connectivity index (χ2v) is 5.10. The highest BCUT2D eigenvalue weighted by Crippen LogP contribution is 2.39. The van der Waals surface area contributed by atoms with Crippen LogP contribution in [0.2, 0.25) is 0 Å². The van der Waals surface area contributed by atoms with Gasteiger partial charge in [-0.1, -0.05) is 20.8 Å². The molecular weight excluding hydrogens is 160 g/mol. The molecule has 0 spiro atoms. The maximum atomic E-state index is 11.1. The van der Waals surface area contributed by atoms with E-state index in [4.69, 9.17) is 0 Å². The molecule has 0 radical (unpaired) electrons. The molecule has 1 nitrogen and oxygen atoms in total. The molecule has 13 heavy (non-hydrogen) atoms. The Balaban J connectivity index is 2.56. The van der Waals surface area contributed by atoms with Gasteiger partial charge in [0, 0.05) is 6.42 Å². The van der Waals surface area contributed by atoms with Crippen LogP contribution in [0.1, 0.15) is 47.0 Å². The van der Waals surface area contributed by atoms with Gasteiger partial charge in [-0.3, -0.25) is 0 Å².